The minimum Gasteiger partial charge on any atom is -0.487 e. The Bertz CT molecular complexity index is 482. The second-order valence-corrected chi connectivity index (χ2v) is 5.52. The van der Waals surface area contributed by atoms with Crippen molar-refractivity contribution >= 4 is 5.69 Å². The van der Waals surface area contributed by atoms with Gasteiger partial charge in [-0.1, -0.05) is 6.07 Å². The van der Waals surface area contributed by atoms with Gasteiger partial charge < -0.3 is 10.1 Å². The van der Waals surface area contributed by atoms with Crippen molar-refractivity contribution in [1.29, 1.82) is 0 Å². The van der Waals surface area contributed by atoms with Gasteiger partial charge in [-0.15, -0.1) is 0 Å². The molecule has 0 aliphatic carbocycles. The van der Waals surface area contributed by atoms with E-state index in [2.05, 4.69) is 5.32 Å². The van der Waals surface area contributed by atoms with Crippen molar-refractivity contribution in [3.8, 4) is 5.75 Å². The monoisotopic (exact) mass is 278 g/mol. The number of piperidine rings is 1. The Kier molecular flexibility index (Phi) is 4.95. The molecule has 1 aromatic rings. The van der Waals surface area contributed by atoms with Gasteiger partial charge in [0.1, 0.15) is 0 Å². The van der Waals surface area contributed by atoms with Gasteiger partial charge in [-0.3, -0.25) is 10.1 Å². The highest BCUT2D eigenvalue weighted by molar-refractivity contribution is 5.53. The Balaban J connectivity index is 1.99. The zero-order chi connectivity index (χ0) is 14.5. The van der Waals surface area contributed by atoms with E-state index >= 15 is 0 Å². The predicted octanol–water partition coefficient (Wildman–Crippen LogP) is 2.98. The number of nitro groups is 1. The maximum Gasteiger partial charge on any atom is 0.311 e. The van der Waals surface area contributed by atoms with Crippen molar-refractivity contribution in [2.45, 2.75) is 33.1 Å². The minimum atomic E-state index is -0.361. The minimum absolute atomic E-state index is 0.0767. The summed E-state index contributed by atoms with van der Waals surface area (Å²) in [7, 11) is 0. The molecule has 110 valence electrons. The standard InChI is InChI=1S/C15H22N2O3/c1-11-9-12(2)15(14(10-11)17(18)19)20-8-5-13-3-6-16-7-4-13/h9-10,13,16H,3-8H2,1-2H3. The number of nitrogens with zero attached hydrogens (tertiary/aromatic N) is 1. The molecule has 20 heavy (non-hydrogen) atoms. The Morgan fingerprint density at radius 2 is 2.05 bits per heavy atom. The van der Waals surface area contributed by atoms with Gasteiger partial charge in [-0.2, -0.15) is 0 Å². The summed E-state index contributed by atoms with van der Waals surface area (Å²) in [6.45, 7) is 6.40. The lowest BCUT2D eigenvalue weighted by Crippen LogP contribution is -2.28. The van der Waals surface area contributed by atoms with Crippen molar-refractivity contribution in [2.24, 2.45) is 5.92 Å². The summed E-state index contributed by atoms with van der Waals surface area (Å²) < 4.78 is 5.72. The molecule has 1 aromatic carbocycles. The fourth-order valence-electron chi connectivity index (χ4n) is 2.75. The third kappa shape index (κ3) is 3.70. The quantitative estimate of drug-likeness (QED) is 0.664. The molecule has 1 heterocycles. The molecule has 5 nitrogen and oxygen atoms in total. The van der Waals surface area contributed by atoms with Crippen molar-refractivity contribution < 1.29 is 9.66 Å². The smallest absolute Gasteiger partial charge is 0.311 e. The molecular formula is C15H22N2O3. The third-order valence-electron chi connectivity index (χ3n) is 3.83. The summed E-state index contributed by atoms with van der Waals surface area (Å²) in [6, 6.07) is 3.50. The number of hydrogen-bond donors (Lipinski definition) is 1. The molecule has 0 atom stereocenters. The van der Waals surface area contributed by atoms with E-state index in [4.69, 9.17) is 4.74 Å². The highest BCUT2D eigenvalue weighted by atomic mass is 16.6. The number of nitro benzene ring substituents is 1. The van der Waals surface area contributed by atoms with E-state index in [0.29, 0.717) is 18.3 Å². The van der Waals surface area contributed by atoms with Crippen molar-refractivity contribution in [2.75, 3.05) is 19.7 Å². The molecule has 0 bridgehead atoms. The van der Waals surface area contributed by atoms with Gasteiger partial charge in [0.05, 0.1) is 11.5 Å². The molecule has 0 radical (unpaired) electrons. The molecule has 2 rings (SSSR count). The van der Waals surface area contributed by atoms with Crippen LogP contribution in [0.2, 0.25) is 0 Å². The first-order valence-electron chi connectivity index (χ1n) is 7.17. The molecule has 5 heteroatoms. The summed E-state index contributed by atoms with van der Waals surface area (Å²) in [5.41, 5.74) is 1.80. The maximum absolute atomic E-state index is 11.1. The van der Waals surface area contributed by atoms with E-state index < -0.39 is 0 Å². The molecule has 0 aromatic heterocycles. The molecular weight excluding hydrogens is 256 g/mol. The van der Waals surface area contributed by atoms with Gasteiger partial charge in [-0.25, -0.2) is 0 Å². The number of aryl methyl sites for hydroxylation is 2. The van der Waals surface area contributed by atoms with Crippen LogP contribution >= 0.6 is 0 Å². The van der Waals surface area contributed by atoms with Crippen LogP contribution < -0.4 is 10.1 Å². The lowest BCUT2D eigenvalue weighted by atomic mass is 9.95. The van der Waals surface area contributed by atoms with Gasteiger partial charge >= 0.3 is 5.69 Å². The van der Waals surface area contributed by atoms with Crippen molar-refractivity contribution in [1.82, 2.24) is 5.32 Å². The van der Waals surface area contributed by atoms with Crippen LogP contribution in [-0.4, -0.2) is 24.6 Å². The summed E-state index contributed by atoms with van der Waals surface area (Å²) in [6.07, 6.45) is 3.29. The second-order valence-electron chi connectivity index (χ2n) is 5.52. The Morgan fingerprint density at radius 1 is 1.35 bits per heavy atom. The van der Waals surface area contributed by atoms with E-state index in [-0.39, 0.29) is 10.6 Å². The Labute approximate surface area is 119 Å². The fraction of sp³-hybridized carbons (Fsp3) is 0.600. The molecule has 1 N–H and O–H groups in total. The number of hydrogen-bond acceptors (Lipinski definition) is 4. The van der Waals surface area contributed by atoms with Gasteiger partial charge in [0, 0.05) is 6.07 Å². The normalized spacial score (nSPS) is 16.1. The van der Waals surface area contributed by atoms with Crippen LogP contribution in [0.4, 0.5) is 5.69 Å². The molecule has 0 unspecified atom stereocenters. The average molecular weight is 278 g/mol. The average Bonchev–Trinajstić information content (AvgIpc) is 2.41. The summed E-state index contributed by atoms with van der Waals surface area (Å²) in [5, 5.41) is 14.4. The SMILES string of the molecule is Cc1cc(C)c(OCCC2CCNCC2)c([N+](=O)[O-])c1. The lowest BCUT2D eigenvalue weighted by molar-refractivity contribution is -0.386. The van der Waals surface area contributed by atoms with Gasteiger partial charge in [0.2, 0.25) is 0 Å². The summed E-state index contributed by atoms with van der Waals surface area (Å²) in [5.74, 6) is 1.09. The van der Waals surface area contributed by atoms with Crippen molar-refractivity contribution in [3.05, 3.63) is 33.4 Å². The number of benzene rings is 1. The zero-order valence-electron chi connectivity index (χ0n) is 12.1. The molecule has 1 saturated heterocycles. The fourth-order valence-corrected chi connectivity index (χ4v) is 2.75. The topological polar surface area (TPSA) is 64.4 Å². The first-order valence-corrected chi connectivity index (χ1v) is 7.17. The molecule has 1 fully saturated rings. The van der Waals surface area contributed by atoms with E-state index in [0.717, 1.165) is 30.6 Å². The van der Waals surface area contributed by atoms with E-state index in [1.807, 2.05) is 19.9 Å². The van der Waals surface area contributed by atoms with E-state index in [1.54, 1.807) is 6.07 Å². The number of ether oxygens (including phenoxy) is 1. The zero-order valence-corrected chi connectivity index (χ0v) is 12.1. The molecule has 1 aliphatic rings. The third-order valence-corrected chi connectivity index (χ3v) is 3.83. The number of nitrogens with one attached hydrogen (secondary N) is 1. The van der Waals surface area contributed by atoms with Gasteiger partial charge in [0.25, 0.3) is 0 Å². The molecule has 0 amide bonds. The highest BCUT2D eigenvalue weighted by Crippen LogP contribution is 2.32. The highest BCUT2D eigenvalue weighted by Gasteiger charge is 2.19. The first-order chi connectivity index (χ1) is 9.58. The molecule has 0 spiro atoms. The summed E-state index contributed by atoms with van der Waals surface area (Å²) in [4.78, 5) is 10.7. The van der Waals surface area contributed by atoms with Crippen LogP contribution in [0.25, 0.3) is 0 Å². The van der Waals surface area contributed by atoms with Crippen LogP contribution in [0.3, 0.4) is 0 Å². The summed E-state index contributed by atoms with van der Waals surface area (Å²) >= 11 is 0. The van der Waals surface area contributed by atoms with E-state index in [1.165, 1.54) is 12.8 Å². The first kappa shape index (κ1) is 14.8. The predicted molar refractivity (Wildman–Crippen MR) is 78.3 cm³/mol. The van der Waals surface area contributed by atoms with Gasteiger partial charge in [0.15, 0.2) is 5.75 Å². The van der Waals surface area contributed by atoms with Crippen LogP contribution in [-0.2, 0) is 0 Å². The van der Waals surface area contributed by atoms with Crippen LogP contribution in [0, 0.1) is 29.9 Å². The number of rotatable bonds is 5. The maximum atomic E-state index is 11.1. The van der Waals surface area contributed by atoms with Gasteiger partial charge in [-0.05, 0) is 63.2 Å². The Morgan fingerprint density at radius 3 is 2.70 bits per heavy atom. The molecule has 0 saturated carbocycles. The second kappa shape index (κ2) is 6.70. The Hall–Kier alpha value is -1.62. The lowest BCUT2D eigenvalue weighted by Gasteiger charge is -2.22. The van der Waals surface area contributed by atoms with Crippen LogP contribution in [0.1, 0.15) is 30.4 Å². The van der Waals surface area contributed by atoms with Crippen LogP contribution in [0.15, 0.2) is 12.1 Å². The van der Waals surface area contributed by atoms with Crippen molar-refractivity contribution in [3.63, 3.8) is 0 Å². The van der Waals surface area contributed by atoms with Crippen LogP contribution in [0.5, 0.6) is 5.75 Å². The van der Waals surface area contributed by atoms with E-state index in [9.17, 15) is 10.1 Å². The largest absolute Gasteiger partial charge is 0.487 e. The molecule has 1 aliphatic heterocycles.